The normalized spacial score (nSPS) is 11.3. The smallest absolute Gasteiger partial charge is 0.263 e. The molecule has 0 atom stereocenters. The Kier molecular flexibility index (Phi) is 3.47. The summed E-state index contributed by atoms with van der Waals surface area (Å²) < 4.78 is 1.65. The van der Waals surface area contributed by atoms with E-state index in [4.69, 9.17) is 0 Å². The molecule has 0 N–H and O–H groups in total. The van der Waals surface area contributed by atoms with Crippen LogP contribution in [0.2, 0.25) is 0 Å². The van der Waals surface area contributed by atoms with Gasteiger partial charge in [-0.25, -0.2) is 4.98 Å². The van der Waals surface area contributed by atoms with Gasteiger partial charge in [0.05, 0.1) is 5.39 Å². The number of thioether (sulfide) groups is 1. The molecular formula is C13H12N2OS3. The predicted octanol–water partition coefficient (Wildman–Crippen LogP) is 3.84. The molecule has 0 spiro atoms. The van der Waals surface area contributed by atoms with Crippen LogP contribution in [-0.4, -0.2) is 15.3 Å². The lowest BCUT2D eigenvalue weighted by molar-refractivity contribution is 0.728. The van der Waals surface area contributed by atoms with Crippen molar-refractivity contribution in [1.82, 2.24) is 9.55 Å². The maximum atomic E-state index is 12.5. The molecule has 6 heteroatoms. The molecule has 0 aliphatic heterocycles. The highest BCUT2D eigenvalue weighted by Gasteiger charge is 2.15. The van der Waals surface area contributed by atoms with E-state index in [-0.39, 0.29) is 5.56 Å². The minimum atomic E-state index is 0.0469. The summed E-state index contributed by atoms with van der Waals surface area (Å²) >= 11 is 4.79. The summed E-state index contributed by atoms with van der Waals surface area (Å²) in [6.45, 7) is 2.06. The Morgan fingerprint density at radius 3 is 2.95 bits per heavy atom. The lowest BCUT2D eigenvalue weighted by Gasteiger charge is -2.05. The summed E-state index contributed by atoms with van der Waals surface area (Å²) in [5, 5.41) is 5.60. The molecule has 0 radical (unpaired) electrons. The van der Waals surface area contributed by atoms with Crippen LogP contribution in [-0.2, 0) is 7.05 Å². The van der Waals surface area contributed by atoms with Crippen molar-refractivity contribution >= 4 is 44.7 Å². The number of aromatic nitrogens is 2. The fourth-order valence-corrected chi connectivity index (χ4v) is 4.42. The van der Waals surface area contributed by atoms with Gasteiger partial charge in [0.1, 0.15) is 4.83 Å². The van der Waals surface area contributed by atoms with Crippen molar-refractivity contribution in [1.29, 1.82) is 0 Å². The van der Waals surface area contributed by atoms with Crippen LogP contribution < -0.4 is 5.56 Å². The van der Waals surface area contributed by atoms with E-state index in [9.17, 15) is 4.79 Å². The van der Waals surface area contributed by atoms with Gasteiger partial charge >= 0.3 is 0 Å². The molecule has 0 saturated heterocycles. The van der Waals surface area contributed by atoms with E-state index in [2.05, 4.69) is 11.9 Å². The molecular weight excluding hydrogens is 296 g/mol. The Hall–Kier alpha value is -1.11. The van der Waals surface area contributed by atoms with Crippen LogP contribution in [0.3, 0.4) is 0 Å². The van der Waals surface area contributed by atoms with E-state index in [1.165, 1.54) is 0 Å². The quantitative estimate of drug-likeness (QED) is 0.545. The average Bonchev–Trinajstić information content (AvgIpc) is 3.03. The molecule has 3 aromatic heterocycles. The summed E-state index contributed by atoms with van der Waals surface area (Å²) in [5.41, 5.74) is 1.06. The standard InChI is InChI=1S/C13H12N2OS3/c1-3-17-13-14-11-10(12(16)15(13)2)8(7-19-11)9-5-4-6-18-9/h4-7H,3H2,1-2H3. The summed E-state index contributed by atoms with van der Waals surface area (Å²) in [7, 11) is 1.79. The van der Waals surface area contributed by atoms with Crippen molar-refractivity contribution in [2.45, 2.75) is 12.1 Å². The van der Waals surface area contributed by atoms with E-state index in [0.29, 0.717) is 0 Å². The van der Waals surface area contributed by atoms with Crippen molar-refractivity contribution in [2.75, 3.05) is 5.75 Å². The van der Waals surface area contributed by atoms with Crippen LogP contribution in [0.5, 0.6) is 0 Å². The molecule has 98 valence electrons. The Labute approximate surface area is 122 Å². The number of fused-ring (bicyclic) bond motifs is 1. The zero-order valence-electron chi connectivity index (χ0n) is 10.5. The zero-order chi connectivity index (χ0) is 13.4. The molecule has 0 saturated carbocycles. The molecule has 3 aromatic rings. The van der Waals surface area contributed by atoms with E-state index >= 15 is 0 Å². The lowest BCUT2D eigenvalue weighted by Crippen LogP contribution is -2.19. The molecule has 0 aromatic carbocycles. The van der Waals surface area contributed by atoms with Gasteiger partial charge in [0.25, 0.3) is 5.56 Å². The highest BCUT2D eigenvalue weighted by Crippen LogP contribution is 2.34. The van der Waals surface area contributed by atoms with Gasteiger partial charge in [-0.2, -0.15) is 0 Å². The highest BCUT2D eigenvalue weighted by atomic mass is 32.2. The fraction of sp³-hybridized carbons (Fsp3) is 0.231. The van der Waals surface area contributed by atoms with Gasteiger partial charge in [-0.15, -0.1) is 22.7 Å². The van der Waals surface area contributed by atoms with Crippen LogP contribution in [0.15, 0.2) is 32.8 Å². The lowest BCUT2D eigenvalue weighted by atomic mass is 10.2. The predicted molar refractivity (Wildman–Crippen MR) is 84.6 cm³/mol. The summed E-state index contributed by atoms with van der Waals surface area (Å²) in [6, 6.07) is 4.04. The molecule has 0 fully saturated rings. The molecule has 0 amide bonds. The van der Waals surface area contributed by atoms with E-state index in [1.807, 2.05) is 22.9 Å². The van der Waals surface area contributed by atoms with Crippen molar-refractivity contribution in [2.24, 2.45) is 7.05 Å². The first-order chi connectivity index (χ1) is 9.22. The average molecular weight is 308 g/mol. The van der Waals surface area contributed by atoms with Crippen molar-refractivity contribution in [3.63, 3.8) is 0 Å². The van der Waals surface area contributed by atoms with Crippen LogP contribution in [0, 0.1) is 0 Å². The third-order valence-electron chi connectivity index (χ3n) is 2.83. The maximum Gasteiger partial charge on any atom is 0.263 e. The minimum absolute atomic E-state index is 0.0469. The fourth-order valence-electron chi connectivity index (χ4n) is 1.92. The SMILES string of the molecule is CCSc1nc2scc(-c3cccs3)c2c(=O)n1C. The van der Waals surface area contributed by atoms with E-state index < -0.39 is 0 Å². The Bertz CT molecular complexity index is 771. The van der Waals surface area contributed by atoms with Gasteiger partial charge in [-0.3, -0.25) is 9.36 Å². The molecule has 3 heterocycles. The molecule has 3 nitrogen and oxygen atoms in total. The van der Waals surface area contributed by atoms with E-state index in [0.717, 1.165) is 31.6 Å². The maximum absolute atomic E-state index is 12.5. The molecule has 19 heavy (non-hydrogen) atoms. The topological polar surface area (TPSA) is 34.9 Å². The van der Waals surface area contributed by atoms with Crippen LogP contribution in [0.1, 0.15) is 6.92 Å². The van der Waals surface area contributed by atoms with Gasteiger partial charge in [0, 0.05) is 22.9 Å². The largest absolute Gasteiger partial charge is 0.290 e. The first kappa shape index (κ1) is 12.9. The summed E-state index contributed by atoms with van der Waals surface area (Å²) in [4.78, 5) is 19.1. The molecule has 0 aliphatic carbocycles. The second-order valence-electron chi connectivity index (χ2n) is 4.00. The third-order valence-corrected chi connectivity index (χ3v) is 5.52. The monoisotopic (exact) mass is 308 g/mol. The Balaban J connectivity index is 2.30. The summed E-state index contributed by atoms with van der Waals surface area (Å²) in [5.74, 6) is 0.912. The van der Waals surface area contributed by atoms with Gasteiger partial charge in [-0.1, -0.05) is 24.8 Å². The number of hydrogen-bond acceptors (Lipinski definition) is 5. The first-order valence-corrected chi connectivity index (χ1v) is 8.61. The minimum Gasteiger partial charge on any atom is -0.290 e. The second kappa shape index (κ2) is 5.11. The number of hydrogen-bond donors (Lipinski definition) is 0. The molecule has 3 rings (SSSR count). The van der Waals surface area contributed by atoms with Crippen LogP contribution in [0.4, 0.5) is 0 Å². The first-order valence-electron chi connectivity index (χ1n) is 5.87. The van der Waals surface area contributed by atoms with Crippen molar-refractivity contribution < 1.29 is 0 Å². The van der Waals surface area contributed by atoms with E-state index in [1.54, 1.807) is 46.1 Å². The molecule has 0 bridgehead atoms. The van der Waals surface area contributed by atoms with Crippen LogP contribution >= 0.6 is 34.4 Å². The zero-order valence-corrected chi connectivity index (χ0v) is 13.0. The van der Waals surface area contributed by atoms with Gasteiger partial charge in [0.15, 0.2) is 5.16 Å². The second-order valence-corrected chi connectivity index (χ2v) is 7.04. The third kappa shape index (κ3) is 2.13. The molecule has 0 unspecified atom stereocenters. The van der Waals surface area contributed by atoms with Crippen molar-refractivity contribution in [3.05, 3.63) is 33.2 Å². The van der Waals surface area contributed by atoms with Gasteiger partial charge in [-0.05, 0) is 17.2 Å². The number of thiophene rings is 2. The number of rotatable bonds is 3. The highest BCUT2D eigenvalue weighted by molar-refractivity contribution is 7.99. The van der Waals surface area contributed by atoms with Crippen molar-refractivity contribution in [3.8, 4) is 10.4 Å². The van der Waals surface area contributed by atoms with Gasteiger partial charge < -0.3 is 0 Å². The Morgan fingerprint density at radius 1 is 1.42 bits per heavy atom. The number of nitrogens with zero attached hydrogens (tertiary/aromatic N) is 2. The van der Waals surface area contributed by atoms with Gasteiger partial charge in [0.2, 0.25) is 0 Å². The Morgan fingerprint density at radius 2 is 2.26 bits per heavy atom. The molecule has 0 aliphatic rings. The summed E-state index contributed by atoms with van der Waals surface area (Å²) in [6.07, 6.45) is 0. The van der Waals surface area contributed by atoms with Crippen LogP contribution in [0.25, 0.3) is 20.7 Å².